The van der Waals surface area contributed by atoms with Crippen molar-refractivity contribution in [2.75, 3.05) is 36.5 Å². The van der Waals surface area contributed by atoms with E-state index >= 15 is 0 Å². The first-order chi connectivity index (χ1) is 9.15. The third-order valence-corrected chi connectivity index (χ3v) is 2.98. The van der Waals surface area contributed by atoms with Crippen molar-refractivity contribution < 1.29 is 4.74 Å². The molecule has 104 valence electrons. The number of morpholine rings is 1. The first-order valence-electron chi connectivity index (χ1n) is 6.51. The largest absolute Gasteiger partial charge is 0.378 e. The maximum Gasteiger partial charge on any atom is 0.171 e. The van der Waals surface area contributed by atoms with E-state index in [1.807, 2.05) is 26.0 Å². The average Bonchev–Trinajstić information content (AvgIpc) is 2.39. The third-order valence-electron chi connectivity index (χ3n) is 2.76. The highest BCUT2D eigenvalue weighted by Gasteiger charge is 2.12. The molecule has 0 aromatic carbocycles. The number of hydrogen-bond donors (Lipinski definition) is 2. The number of rotatable bonds is 3. The molecule has 6 heteroatoms. The second-order valence-corrected chi connectivity index (χ2v) is 5.17. The average molecular weight is 280 g/mol. The standard InChI is InChI=1S/C13H20N4OS/c1-10(2)15-13(19)16-11-3-4-12(14-9-11)17-5-7-18-8-6-17/h3-4,9-10H,5-8H2,1-2H3,(H2,15,16,19). The number of hydrogen-bond acceptors (Lipinski definition) is 4. The van der Waals surface area contributed by atoms with E-state index in [1.165, 1.54) is 0 Å². The molecule has 0 aliphatic carbocycles. The number of pyridine rings is 1. The Morgan fingerprint density at radius 2 is 2.11 bits per heavy atom. The minimum Gasteiger partial charge on any atom is -0.378 e. The van der Waals surface area contributed by atoms with Crippen LogP contribution in [0.3, 0.4) is 0 Å². The fourth-order valence-electron chi connectivity index (χ4n) is 1.87. The Labute approximate surface area is 119 Å². The van der Waals surface area contributed by atoms with E-state index < -0.39 is 0 Å². The minimum atomic E-state index is 0.320. The van der Waals surface area contributed by atoms with Crippen LogP contribution in [0.25, 0.3) is 0 Å². The van der Waals surface area contributed by atoms with Crippen LogP contribution in [0.5, 0.6) is 0 Å². The highest BCUT2D eigenvalue weighted by atomic mass is 32.1. The summed E-state index contributed by atoms with van der Waals surface area (Å²) >= 11 is 5.19. The Morgan fingerprint density at radius 1 is 1.37 bits per heavy atom. The van der Waals surface area contributed by atoms with Crippen molar-refractivity contribution in [3.8, 4) is 0 Å². The predicted molar refractivity (Wildman–Crippen MR) is 81.8 cm³/mol. The number of aromatic nitrogens is 1. The van der Waals surface area contributed by atoms with Crippen LogP contribution in [-0.2, 0) is 4.74 Å². The molecule has 1 aliphatic rings. The van der Waals surface area contributed by atoms with Crippen molar-refractivity contribution in [1.29, 1.82) is 0 Å². The van der Waals surface area contributed by atoms with Crippen LogP contribution < -0.4 is 15.5 Å². The SMILES string of the molecule is CC(C)NC(=S)Nc1ccc(N2CCOCC2)nc1. The minimum absolute atomic E-state index is 0.320. The monoisotopic (exact) mass is 280 g/mol. The normalized spacial score (nSPS) is 15.4. The number of nitrogens with zero attached hydrogens (tertiary/aromatic N) is 2. The van der Waals surface area contributed by atoms with E-state index in [2.05, 4.69) is 20.5 Å². The summed E-state index contributed by atoms with van der Waals surface area (Å²) in [6.45, 7) is 7.43. The molecule has 0 unspecified atom stereocenters. The zero-order valence-electron chi connectivity index (χ0n) is 11.3. The lowest BCUT2D eigenvalue weighted by Gasteiger charge is -2.27. The Bertz CT molecular complexity index is 415. The quantitative estimate of drug-likeness (QED) is 0.821. The Kier molecular flexibility index (Phi) is 4.93. The van der Waals surface area contributed by atoms with Gasteiger partial charge in [0.15, 0.2) is 5.11 Å². The molecule has 1 aliphatic heterocycles. The van der Waals surface area contributed by atoms with Crippen LogP contribution in [0, 0.1) is 0 Å². The summed E-state index contributed by atoms with van der Waals surface area (Å²) in [5, 5.41) is 6.87. The lowest BCUT2D eigenvalue weighted by molar-refractivity contribution is 0.122. The Morgan fingerprint density at radius 3 is 2.68 bits per heavy atom. The van der Waals surface area contributed by atoms with Crippen LogP contribution in [0.4, 0.5) is 11.5 Å². The number of ether oxygens (including phenoxy) is 1. The molecule has 1 saturated heterocycles. The van der Waals surface area contributed by atoms with Gasteiger partial charge in [-0.05, 0) is 38.2 Å². The fourth-order valence-corrected chi connectivity index (χ4v) is 2.22. The molecule has 0 atom stereocenters. The van der Waals surface area contributed by atoms with Crippen LogP contribution in [0.2, 0.25) is 0 Å². The molecule has 1 fully saturated rings. The molecule has 5 nitrogen and oxygen atoms in total. The van der Waals surface area contributed by atoms with Gasteiger partial charge < -0.3 is 20.3 Å². The second kappa shape index (κ2) is 6.68. The van der Waals surface area contributed by atoms with Gasteiger partial charge in [0, 0.05) is 19.1 Å². The summed E-state index contributed by atoms with van der Waals surface area (Å²) in [5.74, 6) is 0.983. The lowest BCUT2D eigenvalue weighted by Crippen LogP contribution is -2.36. The molecule has 0 amide bonds. The van der Waals surface area contributed by atoms with Crippen molar-refractivity contribution in [3.05, 3.63) is 18.3 Å². The van der Waals surface area contributed by atoms with Gasteiger partial charge in [-0.1, -0.05) is 0 Å². The van der Waals surface area contributed by atoms with Crippen LogP contribution >= 0.6 is 12.2 Å². The number of anilines is 2. The van der Waals surface area contributed by atoms with E-state index in [1.54, 1.807) is 6.20 Å². The van der Waals surface area contributed by atoms with E-state index in [0.717, 1.165) is 37.8 Å². The van der Waals surface area contributed by atoms with Crippen molar-refractivity contribution in [2.45, 2.75) is 19.9 Å². The molecule has 0 saturated carbocycles. The third kappa shape index (κ3) is 4.33. The van der Waals surface area contributed by atoms with Gasteiger partial charge in [0.1, 0.15) is 5.82 Å². The van der Waals surface area contributed by atoms with Gasteiger partial charge in [-0.15, -0.1) is 0 Å². The zero-order chi connectivity index (χ0) is 13.7. The molecule has 2 N–H and O–H groups in total. The van der Waals surface area contributed by atoms with Gasteiger partial charge in [-0.25, -0.2) is 4.98 Å². The summed E-state index contributed by atoms with van der Waals surface area (Å²) in [4.78, 5) is 6.68. The molecule has 2 rings (SSSR count). The van der Waals surface area contributed by atoms with E-state index in [-0.39, 0.29) is 0 Å². The molecule has 19 heavy (non-hydrogen) atoms. The summed E-state index contributed by atoms with van der Waals surface area (Å²) in [7, 11) is 0. The highest BCUT2D eigenvalue weighted by molar-refractivity contribution is 7.80. The number of thiocarbonyl (C=S) groups is 1. The molecule has 0 radical (unpaired) electrons. The van der Waals surface area contributed by atoms with Crippen molar-refractivity contribution in [2.24, 2.45) is 0 Å². The van der Waals surface area contributed by atoms with Crippen LogP contribution in [0.15, 0.2) is 18.3 Å². The van der Waals surface area contributed by atoms with Gasteiger partial charge in [0.05, 0.1) is 25.1 Å². The maximum absolute atomic E-state index is 5.33. The zero-order valence-corrected chi connectivity index (χ0v) is 12.2. The van der Waals surface area contributed by atoms with Gasteiger partial charge in [0.25, 0.3) is 0 Å². The Hall–Kier alpha value is -1.40. The fraction of sp³-hybridized carbons (Fsp3) is 0.538. The second-order valence-electron chi connectivity index (χ2n) is 4.76. The lowest BCUT2D eigenvalue weighted by atomic mass is 10.3. The smallest absolute Gasteiger partial charge is 0.171 e. The predicted octanol–water partition coefficient (Wildman–Crippen LogP) is 1.61. The van der Waals surface area contributed by atoms with Crippen LogP contribution in [-0.4, -0.2) is 42.4 Å². The first kappa shape index (κ1) is 14.0. The summed E-state index contributed by atoms with van der Waals surface area (Å²) in [6, 6.07) is 4.32. The van der Waals surface area contributed by atoms with E-state index in [4.69, 9.17) is 17.0 Å². The molecule has 1 aromatic rings. The van der Waals surface area contributed by atoms with Crippen LogP contribution in [0.1, 0.15) is 13.8 Å². The number of nitrogens with one attached hydrogen (secondary N) is 2. The first-order valence-corrected chi connectivity index (χ1v) is 6.92. The van der Waals surface area contributed by atoms with Crippen molar-refractivity contribution in [1.82, 2.24) is 10.3 Å². The van der Waals surface area contributed by atoms with Gasteiger partial charge >= 0.3 is 0 Å². The molecule has 1 aromatic heterocycles. The van der Waals surface area contributed by atoms with Crippen molar-refractivity contribution in [3.63, 3.8) is 0 Å². The van der Waals surface area contributed by atoms with Crippen molar-refractivity contribution >= 4 is 28.8 Å². The molecule has 0 spiro atoms. The molecular weight excluding hydrogens is 260 g/mol. The maximum atomic E-state index is 5.33. The van der Waals surface area contributed by atoms with Gasteiger partial charge in [0.2, 0.25) is 0 Å². The molecule has 0 bridgehead atoms. The van der Waals surface area contributed by atoms with E-state index in [0.29, 0.717) is 11.2 Å². The summed E-state index contributed by atoms with van der Waals surface area (Å²) < 4.78 is 5.33. The van der Waals surface area contributed by atoms with Gasteiger partial charge in [-0.2, -0.15) is 0 Å². The summed E-state index contributed by atoms with van der Waals surface area (Å²) in [6.07, 6.45) is 1.80. The topological polar surface area (TPSA) is 49.4 Å². The molecule has 2 heterocycles. The summed E-state index contributed by atoms with van der Waals surface area (Å²) in [5.41, 5.74) is 0.898. The highest BCUT2D eigenvalue weighted by Crippen LogP contribution is 2.15. The van der Waals surface area contributed by atoms with E-state index in [9.17, 15) is 0 Å². The van der Waals surface area contributed by atoms with Gasteiger partial charge in [-0.3, -0.25) is 0 Å². The Balaban J connectivity index is 1.92. The molecular formula is C13H20N4OS.